The van der Waals surface area contributed by atoms with Crippen molar-refractivity contribution in [1.29, 1.82) is 0 Å². The first-order valence-corrected chi connectivity index (χ1v) is 11.3. The van der Waals surface area contributed by atoms with Crippen LogP contribution < -0.4 is 0 Å². The van der Waals surface area contributed by atoms with Gasteiger partial charge in [0.15, 0.2) is 0 Å². The molecule has 2 aliphatic rings. The van der Waals surface area contributed by atoms with Gasteiger partial charge < -0.3 is 0 Å². The Hall–Kier alpha value is -3.06. The minimum Gasteiger partial charge on any atom is -0.296 e. The third-order valence-corrected chi connectivity index (χ3v) is 6.84. The van der Waals surface area contributed by atoms with Crippen molar-refractivity contribution in [3.63, 3.8) is 0 Å². The molecule has 1 N–H and O–H groups in total. The number of rotatable bonds is 4. The van der Waals surface area contributed by atoms with Gasteiger partial charge >= 0.3 is 0 Å². The highest BCUT2D eigenvalue weighted by Crippen LogP contribution is 2.32. The minimum atomic E-state index is 0.528. The zero-order valence-electron chi connectivity index (χ0n) is 17.9. The molecule has 158 valence electrons. The van der Waals surface area contributed by atoms with E-state index in [4.69, 9.17) is 9.97 Å². The highest BCUT2D eigenvalue weighted by molar-refractivity contribution is 5.80. The van der Waals surface area contributed by atoms with Crippen LogP contribution in [0.3, 0.4) is 0 Å². The minimum absolute atomic E-state index is 0.528. The Balaban J connectivity index is 1.12. The predicted molar refractivity (Wildman–Crippen MR) is 120 cm³/mol. The molecule has 7 nitrogen and oxygen atoms in total. The number of aryl methyl sites for hydroxylation is 2. The number of likely N-dealkylation sites (tertiary alicyclic amines) is 1. The Bertz CT molecular complexity index is 1230. The summed E-state index contributed by atoms with van der Waals surface area (Å²) in [6, 6.07) is 10.5. The van der Waals surface area contributed by atoms with Crippen molar-refractivity contribution in [3.05, 3.63) is 59.4 Å². The maximum atomic E-state index is 4.79. The third-order valence-electron chi connectivity index (χ3n) is 6.84. The second-order valence-corrected chi connectivity index (χ2v) is 8.83. The third kappa shape index (κ3) is 3.43. The zero-order chi connectivity index (χ0) is 20.8. The van der Waals surface area contributed by atoms with E-state index in [1.807, 2.05) is 18.3 Å². The van der Waals surface area contributed by atoms with Crippen LogP contribution in [0, 0.1) is 6.92 Å². The van der Waals surface area contributed by atoms with Gasteiger partial charge in [-0.25, -0.2) is 9.97 Å². The van der Waals surface area contributed by atoms with E-state index in [9.17, 15) is 0 Å². The Morgan fingerprint density at radius 1 is 1.10 bits per heavy atom. The number of H-pyrrole nitrogens is 1. The molecular weight excluding hydrogens is 386 g/mol. The molecule has 31 heavy (non-hydrogen) atoms. The fraction of sp³-hybridized carbons (Fsp3) is 0.417. The van der Waals surface area contributed by atoms with E-state index < -0.39 is 0 Å². The Labute approximate surface area is 181 Å². The molecule has 3 aromatic heterocycles. The lowest BCUT2D eigenvalue weighted by atomic mass is 9.93. The van der Waals surface area contributed by atoms with E-state index in [-0.39, 0.29) is 0 Å². The van der Waals surface area contributed by atoms with Crippen LogP contribution in [0.4, 0.5) is 0 Å². The lowest BCUT2D eigenvalue weighted by molar-refractivity contribution is 0.199. The molecular formula is C24H27N7. The van der Waals surface area contributed by atoms with Gasteiger partial charge in [-0.05, 0) is 57.8 Å². The van der Waals surface area contributed by atoms with E-state index in [0.717, 1.165) is 73.6 Å². The molecule has 4 aromatic rings. The molecule has 1 saturated heterocycles. The molecule has 2 aliphatic heterocycles. The first-order chi connectivity index (χ1) is 15.2. The molecule has 0 saturated carbocycles. The van der Waals surface area contributed by atoms with Crippen LogP contribution in [0.2, 0.25) is 0 Å². The zero-order valence-corrected chi connectivity index (χ0v) is 17.9. The van der Waals surface area contributed by atoms with Crippen LogP contribution in [0.15, 0.2) is 36.5 Å². The summed E-state index contributed by atoms with van der Waals surface area (Å²) in [6.07, 6.45) is 6.52. The number of aromatic amines is 1. The largest absolute Gasteiger partial charge is 0.296 e. The van der Waals surface area contributed by atoms with Gasteiger partial charge in [0.1, 0.15) is 5.82 Å². The summed E-state index contributed by atoms with van der Waals surface area (Å²) in [6.45, 7) is 6.03. The number of nitrogens with one attached hydrogen (secondary N) is 1. The highest BCUT2D eigenvalue weighted by Gasteiger charge is 2.25. The van der Waals surface area contributed by atoms with Crippen molar-refractivity contribution in [3.8, 4) is 11.3 Å². The SMILES string of the molecule is Cc1nc(CN2CCC(c3cc(-c4cnn5c4CCC5)n[nH]3)CC2)nc2ccccc12. The first-order valence-electron chi connectivity index (χ1n) is 11.3. The normalized spacial score (nSPS) is 17.5. The molecule has 0 radical (unpaired) electrons. The van der Waals surface area contributed by atoms with Gasteiger partial charge in [0, 0.05) is 40.5 Å². The summed E-state index contributed by atoms with van der Waals surface area (Å²) >= 11 is 0. The quantitative estimate of drug-likeness (QED) is 0.550. The molecule has 0 unspecified atom stereocenters. The maximum Gasteiger partial charge on any atom is 0.143 e. The fourth-order valence-corrected chi connectivity index (χ4v) is 5.13. The van der Waals surface area contributed by atoms with Gasteiger partial charge in [0.2, 0.25) is 0 Å². The van der Waals surface area contributed by atoms with E-state index in [1.165, 1.54) is 23.4 Å². The Morgan fingerprint density at radius 3 is 2.87 bits per heavy atom. The van der Waals surface area contributed by atoms with Gasteiger partial charge in [-0.2, -0.15) is 10.2 Å². The second kappa shape index (κ2) is 7.57. The van der Waals surface area contributed by atoms with Crippen LogP contribution in [0.25, 0.3) is 22.2 Å². The summed E-state index contributed by atoms with van der Waals surface area (Å²) in [5, 5.41) is 13.6. The number of para-hydroxylation sites is 1. The topological polar surface area (TPSA) is 75.5 Å². The standard InChI is InChI=1S/C24H27N7/c1-16-18-5-2-3-6-20(18)27-24(26-16)15-30-11-8-17(9-12-30)21-13-22(29-28-21)19-14-25-31-10-4-7-23(19)31/h2-3,5-6,13-14,17H,4,7-12,15H2,1H3,(H,28,29). The van der Waals surface area contributed by atoms with Crippen molar-refractivity contribution in [1.82, 2.24) is 34.8 Å². The summed E-state index contributed by atoms with van der Waals surface area (Å²) in [5.74, 6) is 1.45. The summed E-state index contributed by atoms with van der Waals surface area (Å²) in [4.78, 5) is 12.0. The van der Waals surface area contributed by atoms with Crippen LogP contribution >= 0.6 is 0 Å². The summed E-state index contributed by atoms with van der Waals surface area (Å²) in [5.41, 5.74) is 6.93. The molecule has 0 amide bonds. The molecule has 5 heterocycles. The predicted octanol–water partition coefficient (Wildman–Crippen LogP) is 3.85. The smallest absolute Gasteiger partial charge is 0.143 e. The van der Waals surface area contributed by atoms with E-state index in [0.29, 0.717) is 5.92 Å². The van der Waals surface area contributed by atoms with Gasteiger partial charge in [-0.1, -0.05) is 18.2 Å². The number of hydrogen-bond acceptors (Lipinski definition) is 5. The number of benzene rings is 1. The van der Waals surface area contributed by atoms with Gasteiger partial charge in [0.25, 0.3) is 0 Å². The van der Waals surface area contributed by atoms with Crippen molar-refractivity contribution >= 4 is 10.9 Å². The molecule has 0 atom stereocenters. The molecule has 6 rings (SSSR count). The maximum absolute atomic E-state index is 4.79. The van der Waals surface area contributed by atoms with Gasteiger partial charge in [-0.15, -0.1) is 0 Å². The van der Waals surface area contributed by atoms with Crippen LogP contribution in [0.1, 0.15) is 48.1 Å². The second-order valence-electron chi connectivity index (χ2n) is 8.83. The highest BCUT2D eigenvalue weighted by atomic mass is 15.3. The van der Waals surface area contributed by atoms with Crippen LogP contribution in [-0.2, 0) is 19.5 Å². The fourth-order valence-electron chi connectivity index (χ4n) is 5.13. The molecule has 7 heteroatoms. The number of aromatic nitrogens is 6. The molecule has 0 aliphatic carbocycles. The summed E-state index contributed by atoms with van der Waals surface area (Å²) < 4.78 is 2.12. The van der Waals surface area contributed by atoms with Crippen LogP contribution in [0.5, 0.6) is 0 Å². The van der Waals surface area contributed by atoms with Crippen LogP contribution in [-0.4, -0.2) is 47.9 Å². The molecule has 1 aromatic carbocycles. The number of hydrogen-bond donors (Lipinski definition) is 1. The number of piperidine rings is 1. The van der Waals surface area contributed by atoms with Gasteiger partial charge in [-0.3, -0.25) is 14.7 Å². The average molecular weight is 414 g/mol. The van der Waals surface area contributed by atoms with E-state index in [1.54, 1.807) is 0 Å². The summed E-state index contributed by atoms with van der Waals surface area (Å²) in [7, 11) is 0. The number of nitrogens with zero attached hydrogens (tertiary/aromatic N) is 6. The lowest BCUT2D eigenvalue weighted by Gasteiger charge is -2.30. The number of fused-ring (bicyclic) bond motifs is 2. The molecule has 0 spiro atoms. The Kier molecular flexibility index (Phi) is 4.56. The molecule has 0 bridgehead atoms. The van der Waals surface area contributed by atoms with Crippen molar-refractivity contribution < 1.29 is 0 Å². The van der Waals surface area contributed by atoms with Crippen molar-refractivity contribution in [2.45, 2.75) is 51.6 Å². The van der Waals surface area contributed by atoms with E-state index in [2.05, 4.69) is 50.0 Å². The first kappa shape index (κ1) is 18.7. The van der Waals surface area contributed by atoms with Gasteiger partial charge in [0.05, 0.1) is 24.0 Å². The monoisotopic (exact) mass is 413 g/mol. The van der Waals surface area contributed by atoms with Crippen molar-refractivity contribution in [2.24, 2.45) is 0 Å². The van der Waals surface area contributed by atoms with E-state index >= 15 is 0 Å². The lowest BCUT2D eigenvalue weighted by Crippen LogP contribution is -2.33. The average Bonchev–Trinajstić information content (AvgIpc) is 3.52. The van der Waals surface area contributed by atoms with Crippen molar-refractivity contribution in [2.75, 3.05) is 13.1 Å². The Morgan fingerprint density at radius 2 is 1.97 bits per heavy atom. The molecule has 1 fully saturated rings.